The van der Waals surface area contributed by atoms with Gasteiger partial charge in [-0.15, -0.1) is 0 Å². The van der Waals surface area contributed by atoms with Crippen molar-refractivity contribution in [1.29, 1.82) is 0 Å². The van der Waals surface area contributed by atoms with Crippen molar-refractivity contribution in [2.75, 3.05) is 33.3 Å². The minimum atomic E-state index is -0.853. The Kier molecular flexibility index (Phi) is 11.1. The lowest BCUT2D eigenvalue weighted by Crippen LogP contribution is -2.58. The Morgan fingerprint density at radius 3 is 2.20 bits per heavy atom. The molecule has 4 N–H and O–H groups in total. The zero-order chi connectivity index (χ0) is 35.0. The Morgan fingerprint density at radius 2 is 1.52 bits per heavy atom. The third-order valence-corrected chi connectivity index (χ3v) is 9.22. The normalized spacial score (nSPS) is 14.3. The molecule has 1 fully saturated rings. The molecular weight excluding hydrogens is 652 g/mol. The van der Waals surface area contributed by atoms with E-state index in [2.05, 4.69) is 27.8 Å². The van der Waals surface area contributed by atoms with Gasteiger partial charge in [-0.1, -0.05) is 66.2 Å². The van der Waals surface area contributed by atoms with Crippen LogP contribution in [0.3, 0.4) is 0 Å². The molecule has 0 unspecified atom stereocenters. The molecule has 5 aromatic rings. The number of ether oxygens (including phenoxy) is 1. The summed E-state index contributed by atoms with van der Waals surface area (Å²) in [4.78, 5) is 42.0. The maximum atomic E-state index is 13.8. The average Bonchev–Trinajstić information content (AvgIpc) is 3.45. The molecule has 0 aliphatic carbocycles. The van der Waals surface area contributed by atoms with Gasteiger partial charge in [0.2, 0.25) is 5.91 Å². The number of hydrogen-bond donors (Lipinski definition) is 3. The monoisotopic (exact) mass is 692 g/mol. The molecule has 10 nitrogen and oxygen atoms in total. The van der Waals surface area contributed by atoms with E-state index in [9.17, 15) is 14.4 Å². The number of amides is 3. The van der Waals surface area contributed by atoms with Crippen LogP contribution in [0.25, 0.3) is 10.9 Å². The highest BCUT2D eigenvalue weighted by molar-refractivity contribution is 6.30. The molecule has 6 rings (SSSR count). The maximum Gasteiger partial charge on any atom is 0.257 e. The number of carbonyl (C=O) groups excluding carboxylic acids is 3. The number of primary amides is 1. The largest absolute Gasteiger partial charge is 0.497 e. The summed E-state index contributed by atoms with van der Waals surface area (Å²) in [6.45, 7) is 4.32. The van der Waals surface area contributed by atoms with Crippen LogP contribution in [-0.4, -0.2) is 71.5 Å². The molecule has 3 amide bonds. The first-order valence-corrected chi connectivity index (χ1v) is 17.0. The molecule has 50 heavy (non-hydrogen) atoms. The third-order valence-electron chi connectivity index (χ3n) is 8.97. The van der Waals surface area contributed by atoms with Gasteiger partial charge in [0.1, 0.15) is 11.8 Å². The Hall–Kier alpha value is -5.16. The number of rotatable bonds is 13. The first kappa shape index (κ1) is 34.7. The van der Waals surface area contributed by atoms with Gasteiger partial charge >= 0.3 is 0 Å². The Labute approximate surface area is 296 Å². The molecule has 258 valence electrons. The van der Waals surface area contributed by atoms with E-state index in [0.717, 1.165) is 47.2 Å². The van der Waals surface area contributed by atoms with Gasteiger partial charge in [0.05, 0.1) is 13.5 Å². The molecule has 1 atom stereocenters. The molecular formula is C39H41ClN6O4. The first-order chi connectivity index (χ1) is 24.2. The molecule has 0 bridgehead atoms. The molecule has 11 heteroatoms. The van der Waals surface area contributed by atoms with E-state index in [1.807, 2.05) is 88.6 Å². The van der Waals surface area contributed by atoms with E-state index in [4.69, 9.17) is 22.1 Å². The lowest BCUT2D eigenvalue weighted by molar-refractivity contribution is -0.128. The number of nitrogens with zero attached hydrogens (tertiary/aromatic N) is 3. The summed E-state index contributed by atoms with van der Waals surface area (Å²) in [5, 5.41) is 6.30. The van der Waals surface area contributed by atoms with Crippen LogP contribution in [0.5, 0.6) is 5.75 Å². The second-order valence-electron chi connectivity index (χ2n) is 12.6. The molecule has 1 aliphatic rings. The highest BCUT2D eigenvalue weighted by Crippen LogP contribution is 2.25. The van der Waals surface area contributed by atoms with Gasteiger partial charge in [-0.05, 0) is 64.7 Å². The van der Waals surface area contributed by atoms with E-state index in [0.29, 0.717) is 36.0 Å². The molecule has 0 spiro atoms. The van der Waals surface area contributed by atoms with Gasteiger partial charge in [-0.25, -0.2) is 5.01 Å². The van der Waals surface area contributed by atoms with Crippen LogP contribution in [0.2, 0.25) is 5.02 Å². The Bertz CT molecular complexity index is 1940. The fraction of sp³-hybridized carbons (Fsp3) is 0.256. The summed E-state index contributed by atoms with van der Waals surface area (Å²) in [6.07, 6.45) is 2.20. The standard InChI is InChI=1S/C39H41ClN6O4/c1-50-33-14-9-27(10-15-33)21-35(39(49)43-46-19-17-44(18-20-46)24-28-5-3-2-4-6-28)42-38(48)30-11-16-36-34(22-30)31(23-37(41)47)26-45(36)25-29-7-12-32(40)13-8-29/h2-16,22,26,35H,17-21,23-25H2,1H3,(H2,41,47)(H,42,48)(H,43,49)/t35-/m0/s1. The number of piperazine rings is 1. The van der Waals surface area contributed by atoms with Crippen LogP contribution in [0.1, 0.15) is 32.6 Å². The van der Waals surface area contributed by atoms with Crippen molar-refractivity contribution in [2.24, 2.45) is 5.73 Å². The smallest absolute Gasteiger partial charge is 0.257 e. The van der Waals surface area contributed by atoms with E-state index in [1.54, 1.807) is 19.2 Å². The lowest BCUT2D eigenvalue weighted by atomic mass is 10.0. The molecule has 1 aromatic heterocycles. The molecule has 0 saturated carbocycles. The second-order valence-corrected chi connectivity index (χ2v) is 13.0. The number of methoxy groups -OCH3 is 1. The molecule has 0 radical (unpaired) electrons. The van der Waals surface area contributed by atoms with Gasteiger partial charge in [0.25, 0.3) is 11.8 Å². The second kappa shape index (κ2) is 16.0. The fourth-order valence-corrected chi connectivity index (χ4v) is 6.43. The number of halogens is 1. The summed E-state index contributed by atoms with van der Waals surface area (Å²) in [5.74, 6) is -0.461. The van der Waals surface area contributed by atoms with E-state index in [1.165, 1.54) is 5.56 Å². The van der Waals surface area contributed by atoms with Gasteiger partial charge in [-0.2, -0.15) is 0 Å². The Morgan fingerprint density at radius 1 is 0.840 bits per heavy atom. The van der Waals surface area contributed by atoms with Crippen molar-refractivity contribution in [3.05, 3.63) is 136 Å². The number of benzene rings is 4. The minimum Gasteiger partial charge on any atom is -0.497 e. The summed E-state index contributed by atoms with van der Waals surface area (Å²) in [6, 6.07) is 29.8. The van der Waals surface area contributed by atoms with Gasteiger partial charge in [-0.3, -0.25) is 24.7 Å². The number of aromatic nitrogens is 1. The average molecular weight is 693 g/mol. The molecule has 4 aromatic carbocycles. The first-order valence-electron chi connectivity index (χ1n) is 16.6. The number of carbonyl (C=O) groups is 3. The Balaban J connectivity index is 1.19. The van der Waals surface area contributed by atoms with Crippen molar-refractivity contribution in [1.82, 2.24) is 25.2 Å². The van der Waals surface area contributed by atoms with Gasteiger partial charge in [0, 0.05) is 73.4 Å². The SMILES string of the molecule is COc1ccc(C[C@H](NC(=O)c2ccc3c(c2)c(CC(N)=O)cn3Cc2ccc(Cl)cc2)C(=O)NN2CCN(Cc3ccccc3)CC2)cc1. The van der Waals surface area contributed by atoms with Crippen LogP contribution in [0, 0.1) is 0 Å². The number of nitrogens with two attached hydrogens (primary N) is 1. The van der Waals surface area contributed by atoms with E-state index >= 15 is 0 Å². The quantitative estimate of drug-likeness (QED) is 0.166. The predicted octanol–water partition coefficient (Wildman–Crippen LogP) is 4.57. The number of hydrogen-bond acceptors (Lipinski definition) is 6. The highest BCUT2D eigenvalue weighted by atomic mass is 35.5. The maximum absolute atomic E-state index is 13.8. The zero-order valence-electron chi connectivity index (χ0n) is 28.0. The van der Waals surface area contributed by atoms with Crippen LogP contribution in [0.4, 0.5) is 0 Å². The van der Waals surface area contributed by atoms with Crippen molar-refractivity contribution in [3.8, 4) is 5.75 Å². The summed E-state index contributed by atoms with van der Waals surface area (Å²) < 4.78 is 7.33. The fourth-order valence-electron chi connectivity index (χ4n) is 6.30. The number of hydrazine groups is 1. The number of nitrogens with one attached hydrogen (secondary N) is 2. The van der Waals surface area contributed by atoms with Crippen molar-refractivity contribution >= 4 is 40.2 Å². The van der Waals surface area contributed by atoms with Crippen molar-refractivity contribution < 1.29 is 19.1 Å². The van der Waals surface area contributed by atoms with E-state index < -0.39 is 17.9 Å². The summed E-state index contributed by atoms with van der Waals surface area (Å²) in [5.41, 5.74) is 13.8. The summed E-state index contributed by atoms with van der Waals surface area (Å²) in [7, 11) is 1.60. The van der Waals surface area contributed by atoms with E-state index in [-0.39, 0.29) is 18.7 Å². The lowest BCUT2D eigenvalue weighted by Gasteiger charge is -2.35. The zero-order valence-corrected chi connectivity index (χ0v) is 28.7. The molecule has 1 saturated heterocycles. The third kappa shape index (κ3) is 8.89. The van der Waals surface area contributed by atoms with Crippen molar-refractivity contribution in [2.45, 2.75) is 32.0 Å². The topological polar surface area (TPSA) is 122 Å². The van der Waals surface area contributed by atoms with Crippen molar-refractivity contribution in [3.63, 3.8) is 0 Å². The van der Waals surface area contributed by atoms with Crippen LogP contribution in [-0.2, 0) is 35.5 Å². The van der Waals surface area contributed by atoms with Gasteiger partial charge in [0.15, 0.2) is 0 Å². The molecule has 2 heterocycles. The number of fused-ring (bicyclic) bond motifs is 1. The summed E-state index contributed by atoms with van der Waals surface area (Å²) >= 11 is 6.08. The van der Waals surface area contributed by atoms with Crippen LogP contribution in [0.15, 0.2) is 103 Å². The minimum absolute atomic E-state index is 0.0241. The highest BCUT2D eigenvalue weighted by Gasteiger charge is 2.26. The van der Waals surface area contributed by atoms with Gasteiger partial charge < -0.3 is 20.4 Å². The van der Waals surface area contributed by atoms with Crippen LogP contribution >= 0.6 is 11.6 Å². The predicted molar refractivity (Wildman–Crippen MR) is 195 cm³/mol. The molecule has 1 aliphatic heterocycles. The van der Waals surface area contributed by atoms with Crippen LogP contribution < -0.4 is 21.2 Å².